The second-order valence-corrected chi connectivity index (χ2v) is 8.75. The molecular formula is C18H35N3O4. The first-order valence-electron chi connectivity index (χ1n) is 9.08. The van der Waals surface area contributed by atoms with Crippen LogP contribution in [-0.4, -0.2) is 42.0 Å². The highest BCUT2D eigenvalue weighted by atomic mass is 16.6. The molecule has 0 radical (unpaired) electrons. The van der Waals surface area contributed by atoms with E-state index in [0.717, 1.165) is 19.3 Å². The first-order chi connectivity index (χ1) is 11.4. The van der Waals surface area contributed by atoms with Gasteiger partial charge in [-0.15, -0.1) is 0 Å². The molecule has 146 valence electrons. The lowest BCUT2D eigenvalue weighted by molar-refractivity contribution is 0.0471. The van der Waals surface area contributed by atoms with Crippen LogP contribution < -0.4 is 16.4 Å². The number of nitrogens with one attached hydrogen (secondary N) is 2. The molecule has 4 N–H and O–H groups in total. The maximum atomic E-state index is 12.0. The van der Waals surface area contributed by atoms with Crippen LogP contribution in [-0.2, 0) is 9.47 Å². The van der Waals surface area contributed by atoms with Crippen LogP contribution in [0.2, 0.25) is 0 Å². The Morgan fingerprint density at radius 3 is 1.84 bits per heavy atom. The molecule has 1 saturated carbocycles. The van der Waals surface area contributed by atoms with Gasteiger partial charge < -0.3 is 25.8 Å². The highest BCUT2D eigenvalue weighted by molar-refractivity contribution is 5.68. The number of rotatable bonds is 7. The lowest BCUT2D eigenvalue weighted by Crippen LogP contribution is -2.45. The molecule has 0 aromatic rings. The third-order valence-corrected chi connectivity index (χ3v) is 3.72. The molecule has 1 aliphatic rings. The molecule has 0 aliphatic heterocycles. The summed E-state index contributed by atoms with van der Waals surface area (Å²) >= 11 is 0. The van der Waals surface area contributed by atoms with Gasteiger partial charge in [0.05, 0.1) is 0 Å². The van der Waals surface area contributed by atoms with Crippen molar-refractivity contribution in [3.8, 4) is 0 Å². The molecule has 0 aromatic carbocycles. The van der Waals surface area contributed by atoms with Crippen LogP contribution in [0.1, 0.15) is 67.2 Å². The van der Waals surface area contributed by atoms with E-state index in [-0.39, 0.29) is 12.1 Å². The lowest BCUT2D eigenvalue weighted by Gasteiger charge is -2.26. The van der Waals surface area contributed by atoms with Crippen LogP contribution in [0.25, 0.3) is 0 Å². The number of hydrogen-bond donors (Lipinski definition) is 3. The van der Waals surface area contributed by atoms with Gasteiger partial charge in [0.15, 0.2) is 0 Å². The second-order valence-electron chi connectivity index (χ2n) is 8.75. The van der Waals surface area contributed by atoms with Gasteiger partial charge >= 0.3 is 12.2 Å². The zero-order chi connectivity index (χ0) is 19.3. The lowest BCUT2D eigenvalue weighted by atomic mass is 10.0. The minimum atomic E-state index is -0.544. The molecule has 0 heterocycles. The quantitative estimate of drug-likeness (QED) is 0.650. The highest BCUT2D eigenvalue weighted by Crippen LogP contribution is 2.34. The van der Waals surface area contributed by atoms with Crippen molar-refractivity contribution in [1.29, 1.82) is 0 Å². The predicted molar refractivity (Wildman–Crippen MR) is 97.3 cm³/mol. The van der Waals surface area contributed by atoms with Crippen molar-refractivity contribution in [3.63, 3.8) is 0 Å². The first kappa shape index (κ1) is 21.5. The van der Waals surface area contributed by atoms with E-state index in [4.69, 9.17) is 15.2 Å². The van der Waals surface area contributed by atoms with Gasteiger partial charge in [-0.3, -0.25) is 0 Å². The maximum Gasteiger partial charge on any atom is 0.407 e. The number of carbonyl (C=O) groups excluding carboxylic acids is 2. The van der Waals surface area contributed by atoms with Gasteiger partial charge in [0.25, 0.3) is 0 Å². The third kappa shape index (κ3) is 10.2. The Kier molecular flexibility index (Phi) is 7.53. The number of ether oxygens (including phenoxy) is 2. The summed E-state index contributed by atoms with van der Waals surface area (Å²) in [7, 11) is 0. The van der Waals surface area contributed by atoms with Crippen LogP contribution in [0.5, 0.6) is 0 Å². The van der Waals surface area contributed by atoms with Crippen LogP contribution >= 0.6 is 0 Å². The highest BCUT2D eigenvalue weighted by Gasteiger charge is 2.33. The summed E-state index contributed by atoms with van der Waals surface area (Å²) in [5.74, 6) is 0.479. The van der Waals surface area contributed by atoms with Gasteiger partial charge in [0.1, 0.15) is 11.2 Å². The second kappa shape index (κ2) is 8.74. The number of amides is 2. The van der Waals surface area contributed by atoms with E-state index in [0.29, 0.717) is 18.9 Å². The van der Waals surface area contributed by atoms with Crippen molar-refractivity contribution >= 4 is 12.2 Å². The predicted octanol–water partition coefficient (Wildman–Crippen LogP) is 2.92. The minimum absolute atomic E-state index is 0.0457. The molecule has 1 aliphatic carbocycles. The van der Waals surface area contributed by atoms with Crippen LogP contribution in [0.3, 0.4) is 0 Å². The number of hydrogen-bond acceptors (Lipinski definition) is 5. The van der Waals surface area contributed by atoms with Crippen molar-refractivity contribution in [2.24, 2.45) is 11.7 Å². The molecular weight excluding hydrogens is 322 g/mol. The van der Waals surface area contributed by atoms with Crippen molar-refractivity contribution in [3.05, 3.63) is 0 Å². The fourth-order valence-corrected chi connectivity index (χ4v) is 2.49. The van der Waals surface area contributed by atoms with Crippen molar-refractivity contribution < 1.29 is 19.1 Å². The Morgan fingerprint density at radius 1 is 0.960 bits per heavy atom. The zero-order valence-corrected chi connectivity index (χ0v) is 16.5. The van der Waals surface area contributed by atoms with Crippen LogP contribution in [0.4, 0.5) is 9.59 Å². The third-order valence-electron chi connectivity index (χ3n) is 3.72. The minimum Gasteiger partial charge on any atom is -0.444 e. The smallest absolute Gasteiger partial charge is 0.407 e. The summed E-state index contributed by atoms with van der Waals surface area (Å²) in [4.78, 5) is 23.9. The Balaban J connectivity index is 2.46. The molecule has 1 fully saturated rings. The van der Waals surface area contributed by atoms with E-state index in [1.807, 2.05) is 41.5 Å². The molecule has 0 saturated heterocycles. The molecule has 0 bridgehead atoms. The molecule has 7 heteroatoms. The number of nitrogens with two attached hydrogens (primary N) is 1. The maximum absolute atomic E-state index is 12.0. The molecule has 25 heavy (non-hydrogen) atoms. The summed E-state index contributed by atoms with van der Waals surface area (Å²) in [5, 5.41) is 5.76. The Labute approximate surface area is 151 Å². The average molecular weight is 357 g/mol. The summed E-state index contributed by atoms with van der Waals surface area (Å²) in [5.41, 5.74) is 4.70. The molecule has 1 unspecified atom stereocenters. The summed E-state index contributed by atoms with van der Waals surface area (Å²) in [6.07, 6.45) is 2.76. The zero-order valence-electron chi connectivity index (χ0n) is 16.5. The van der Waals surface area contributed by atoms with E-state index in [9.17, 15) is 9.59 Å². The SMILES string of the molecule is CC(C)(C)OC(=O)NC(CC[C@H](CN)NC(=O)OC(C)(C)C)C1CC1. The van der Waals surface area contributed by atoms with Crippen LogP contribution in [0.15, 0.2) is 0 Å². The van der Waals surface area contributed by atoms with Gasteiger partial charge in [-0.1, -0.05) is 0 Å². The molecule has 2 atom stereocenters. The van der Waals surface area contributed by atoms with Gasteiger partial charge in [-0.25, -0.2) is 9.59 Å². The van der Waals surface area contributed by atoms with Crippen molar-refractivity contribution in [2.45, 2.75) is 90.5 Å². The molecule has 0 aromatic heterocycles. The summed E-state index contributed by atoms with van der Waals surface area (Å²) in [6, 6.07) is -0.138. The van der Waals surface area contributed by atoms with Crippen molar-refractivity contribution in [2.75, 3.05) is 6.54 Å². The van der Waals surface area contributed by atoms with Gasteiger partial charge in [-0.05, 0) is 73.1 Å². The standard InChI is InChI=1S/C18H35N3O4/c1-17(2,3)24-15(22)20-13(11-19)9-10-14(12-7-8-12)21-16(23)25-18(4,5)6/h12-14H,7-11,19H2,1-6H3,(H,20,22)(H,21,23)/t13-,14?/m1/s1. The van der Waals surface area contributed by atoms with E-state index >= 15 is 0 Å². The molecule has 0 spiro atoms. The Hall–Kier alpha value is -1.50. The Morgan fingerprint density at radius 2 is 1.44 bits per heavy atom. The van der Waals surface area contributed by atoms with E-state index in [1.165, 1.54) is 0 Å². The number of carbonyl (C=O) groups is 2. The van der Waals surface area contributed by atoms with E-state index in [2.05, 4.69) is 10.6 Å². The largest absolute Gasteiger partial charge is 0.444 e. The molecule has 7 nitrogen and oxygen atoms in total. The monoisotopic (exact) mass is 357 g/mol. The summed E-state index contributed by atoms with van der Waals surface area (Å²) < 4.78 is 10.6. The van der Waals surface area contributed by atoms with E-state index in [1.54, 1.807) is 0 Å². The normalized spacial score (nSPS) is 17.4. The van der Waals surface area contributed by atoms with Crippen LogP contribution in [0, 0.1) is 5.92 Å². The fraction of sp³-hybridized carbons (Fsp3) is 0.889. The van der Waals surface area contributed by atoms with Gasteiger partial charge in [-0.2, -0.15) is 0 Å². The van der Waals surface area contributed by atoms with E-state index < -0.39 is 23.4 Å². The molecule has 2 amide bonds. The fourth-order valence-electron chi connectivity index (χ4n) is 2.49. The topological polar surface area (TPSA) is 103 Å². The molecule has 1 rings (SSSR count). The first-order valence-corrected chi connectivity index (χ1v) is 9.08. The average Bonchev–Trinajstić information content (AvgIpc) is 3.21. The van der Waals surface area contributed by atoms with Gasteiger partial charge in [0.2, 0.25) is 0 Å². The number of alkyl carbamates (subject to hydrolysis) is 2. The van der Waals surface area contributed by atoms with Gasteiger partial charge in [0, 0.05) is 18.6 Å². The Bertz CT molecular complexity index is 450. The summed E-state index contributed by atoms with van der Waals surface area (Å²) in [6.45, 7) is 11.3. The van der Waals surface area contributed by atoms with Crippen molar-refractivity contribution in [1.82, 2.24) is 10.6 Å².